The van der Waals surface area contributed by atoms with Gasteiger partial charge in [-0.3, -0.25) is 0 Å². The first-order chi connectivity index (χ1) is 14.7. The molecule has 0 aromatic heterocycles. The zero-order valence-electron chi connectivity index (χ0n) is 21.6. The van der Waals surface area contributed by atoms with Gasteiger partial charge in [-0.1, -0.05) is 85.8 Å². The summed E-state index contributed by atoms with van der Waals surface area (Å²) < 4.78 is 0. The van der Waals surface area contributed by atoms with Gasteiger partial charge in [0.05, 0.1) is 0 Å². The fourth-order valence-corrected chi connectivity index (χ4v) is 3.97. The van der Waals surface area contributed by atoms with Crippen LogP contribution in [0.4, 0.5) is 0 Å². The molecule has 0 N–H and O–H groups in total. The lowest BCUT2D eigenvalue weighted by Gasteiger charge is -2.03. The number of halogens is 1. The Hall–Kier alpha value is -1.08. The molecule has 0 aliphatic heterocycles. The molecule has 0 aromatic rings. The van der Waals surface area contributed by atoms with Crippen LogP contribution in [0.5, 0.6) is 0 Å². The minimum absolute atomic E-state index is 0.966. The molecule has 0 atom stereocenters. The monoisotopic (exact) mass is 488 g/mol. The number of rotatable bonds is 16. The van der Waals surface area contributed by atoms with Crippen molar-refractivity contribution in [3.8, 4) is 0 Å². The van der Waals surface area contributed by atoms with E-state index in [1.54, 1.807) is 0 Å². The van der Waals surface area contributed by atoms with Crippen LogP contribution in [0, 0.1) is 0 Å². The fraction of sp³-hybridized carbons (Fsp3) is 0.600. The average molecular weight is 490 g/mol. The summed E-state index contributed by atoms with van der Waals surface area (Å²) >= 11 is 3.47. The maximum absolute atomic E-state index is 3.47. The fourth-order valence-electron chi connectivity index (χ4n) is 3.42. The van der Waals surface area contributed by atoms with Gasteiger partial charge in [0.25, 0.3) is 0 Å². The van der Waals surface area contributed by atoms with Gasteiger partial charge < -0.3 is 0 Å². The Morgan fingerprint density at radius 3 is 0.935 bits per heavy atom. The van der Waals surface area contributed by atoms with Crippen molar-refractivity contribution in [2.45, 2.75) is 113 Å². The molecule has 0 rings (SSSR count). The van der Waals surface area contributed by atoms with Crippen molar-refractivity contribution in [2.24, 2.45) is 0 Å². The van der Waals surface area contributed by atoms with Crippen LogP contribution in [-0.2, 0) is 0 Å². The minimum atomic E-state index is 0.966. The topological polar surface area (TPSA) is 0 Å². The van der Waals surface area contributed by atoms with Crippen molar-refractivity contribution < 1.29 is 0 Å². The quantitative estimate of drug-likeness (QED) is 0.149. The average Bonchev–Trinajstić information content (AvgIpc) is 2.68. The molecule has 176 valence electrons. The molecule has 0 unspecified atom stereocenters. The lowest BCUT2D eigenvalue weighted by atomic mass is 10.0. The van der Waals surface area contributed by atoms with Crippen LogP contribution in [0.3, 0.4) is 0 Å². The normalized spacial score (nSPS) is 14.3. The smallest absolute Gasteiger partial charge is 0.0214 e. The largest absolute Gasteiger partial charge is 0.0883 e. The summed E-state index contributed by atoms with van der Waals surface area (Å²) in [5, 5.41) is 0.966. The van der Waals surface area contributed by atoms with Gasteiger partial charge in [-0.2, -0.15) is 0 Å². The molecule has 0 heterocycles. The molecule has 0 amide bonds. The highest BCUT2D eigenvalue weighted by molar-refractivity contribution is 9.09. The first-order valence-electron chi connectivity index (χ1n) is 12.2. The Morgan fingerprint density at radius 1 is 0.419 bits per heavy atom. The third-order valence-electron chi connectivity index (χ3n) is 5.64. The van der Waals surface area contributed by atoms with Crippen molar-refractivity contribution in [1.82, 2.24) is 0 Å². The molecule has 1 heteroatoms. The Balaban J connectivity index is 4.09. The SMILES string of the molecule is CC(C)=CCCC(C)=CCCC(C)=CCCC(C)=CCCC(C)=CCCC(C)=CCBr. The minimum Gasteiger partial charge on any atom is -0.0883 e. The van der Waals surface area contributed by atoms with E-state index < -0.39 is 0 Å². The second-order valence-corrected chi connectivity index (χ2v) is 10.0. The van der Waals surface area contributed by atoms with Crippen LogP contribution in [-0.4, -0.2) is 5.33 Å². The van der Waals surface area contributed by atoms with E-state index in [0.717, 1.165) is 11.8 Å². The summed E-state index contributed by atoms with van der Waals surface area (Å²) in [5.74, 6) is 0. The first-order valence-corrected chi connectivity index (χ1v) is 13.3. The molecule has 0 radical (unpaired) electrons. The summed E-state index contributed by atoms with van der Waals surface area (Å²) in [7, 11) is 0. The van der Waals surface area contributed by atoms with Crippen LogP contribution < -0.4 is 0 Å². The van der Waals surface area contributed by atoms with E-state index in [1.165, 1.54) is 91.2 Å². The Bertz CT molecular complexity index is 661. The Kier molecular flexibility index (Phi) is 18.9. The summed E-state index contributed by atoms with van der Waals surface area (Å²) in [5.41, 5.74) is 9.01. The van der Waals surface area contributed by atoms with Gasteiger partial charge in [-0.25, -0.2) is 0 Å². The lowest BCUT2D eigenvalue weighted by Crippen LogP contribution is -1.83. The second-order valence-electron chi connectivity index (χ2n) is 9.38. The van der Waals surface area contributed by atoms with E-state index in [9.17, 15) is 0 Å². The van der Waals surface area contributed by atoms with Gasteiger partial charge in [0.2, 0.25) is 0 Å². The van der Waals surface area contributed by atoms with Gasteiger partial charge in [-0.05, 0) is 113 Å². The maximum Gasteiger partial charge on any atom is 0.0214 e. The van der Waals surface area contributed by atoms with Crippen molar-refractivity contribution in [2.75, 3.05) is 5.33 Å². The molecule has 0 nitrogen and oxygen atoms in total. The third kappa shape index (κ3) is 20.6. The van der Waals surface area contributed by atoms with Crippen molar-refractivity contribution in [3.05, 3.63) is 69.9 Å². The second kappa shape index (κ2) is 19.6. The molecule has 0 spiro atoms. The molecule has 0 saturated carbocycles. The van der Waals surface area contributed by atoms with E-state index in [4.69, 9.17) is 0 Å². The number of hydrogen-bond acceptors (Lipinski definition) is 0. The zero-order chi connectivity index (χ0) is 23.5. The van der Waals surface area contributed by atoms with Crippen LogP contribution in [0.2, 0.25) is 0 Å². The van der Waals surface area contributed by atoms with E-state index >= 15 is 0 Å². The highest BCUT2D eigenvalue weighted by Crippen LogP contribution is 2.15. The summed E-state index contributed by atoms with van der Waals surface area (Å²) in [6.45, 7) is 15.7. The molecule has 0 aliphatic rings. The van der Waals surface area contributed by atoms with Crippen molar-refractivity contribution in [3.63, 3.8) is 0 Å². The van der Waals surface area contributed by atoms with E-state index in [-0.39, 0.29) is 0 Å². The lowest BCUT2D eigenvalue weighted by molar-refractivity contribution is 0.886. The Labute approximate surface area is 203 Å². The van der Waals surface area contributed by atoms with Gasteiger partial charge in [-0.15, -0.1) is 0 Å². The first kappa shape index (κ1) is 29.9. The van der Waals surface area contributed by atoms with Crippen LogP contribution >= 0.6 is 15.9 Å². The van der Waals surface area contributed by atoms with Crippen LogP contribution in [0.15, 0.2) is 69.9 Å². The standard InChI is InChI=1S/C30H49Br/c1-25(2)13-8-14-26(3)15-9-16-27(4)17-10-18-28(5)19-11-20-29(6)21-12-22-30(7)23-24-31/h13,15,17,19,21,23H,8-12,14,16,18,20,22,24H2,1-7H3. The van der Waals surface area contributed by atoms with Gasteiger partial charge in [0.1, 0.15) is 0 Å². The highest BCUT2D eigenvalue weighted by atomic mass is 79.9. The maximum atomic E-state index is 3.47. The molecular formula is C30H49Br. The molecule has 0 saturated heterocycles. The summed E-state index contributed by atoms with van der Waals surface area (Å²) in [6, 6.07) is 0. The van der Waals surface area contributed by atoms with Crippen LogP contribution in [0.25, 0.3) is 0 Å². The Morgan fingerprint density at radius 2 is 0.677 bits per heavy atom. The summed E-state index contributed by atoms with van der Waals surface area (Å²) in [6.07, 6.45) is 26.1. The van der Waals surface area contributed by atoms with E-state index in [0.29, 0.717) is 0 Å². The molecule has 0 aliphatic carbocycles. The van der Waals surface area contributed by atoms with Crippen LogP contribution in [0.1, 0.15) is 113 Å². The number of hydrogen-bond donors (Lipinski definition) is 0. The number of alkyl halides is 1. The predicted octanol–water partition coefficient (Wildman–Crippen LogP) is 11.0. The zero-order valence-corrected chi connectivity index (χ0v) is 23.2. The highest BCUT2D eigenvalue weighted by Gasteiger charge is 1.95. The van der Waals surface area contributed by atoms with E-state index in [2.05, 4.69) is 101 Å². The number of allylic oxidation sites excluding steroid dienone is 12. The van der Waals surface area contributed by atoms with Crippen molar-refractivity contribution >= 4 is 15.9 Å². The molecule has 31 heavy (non-hydrogen) atoms. The molecule has 0 bridgehead atoms. The predicted molar refractivity (Wildman–Crippen MR) is 148 cm³/mol. The summed E-state index contributed by atoms with van der Waals surface area (Å²) in [4.78, 5) is 0. The van der Waals surface area contributed by atoms with Gasteiger partial charge in [0.15, 0.2) is 0 Å². The van der Waals surface area contributed by atoms with E-state index in [1.807, 2.05) is 0 Å². The molecule has 0 aromatic carbocycles. The molecule has 0 fully saturated rings. The van der Waals surface area contributed by atoms with Gasteiger partial charge >= 0.3 is 0 Å². The van der Waals surface area contributed by atoms with Gasteiger partial charge in [0, 0.05) is 5.33 Å². The third-order valence-corrected chi connectivity index (χ3v) is 5.97. The van der Waals surface area contributed by atoms with Crippen molar-refractivity contribution in [1.29, 1.82) is 0 Å². The molecular weight excluding hydrogens is 440 g/mol.